The SMILES string of the molecule is O=C(N[C@@H](CO)C(=O)NC1CCCCC1)C(c1ccccc1)c1ccccc1. The first-order chi connectivity index (χ1) is 13.7. The Morgan fingerprint density at radius 1 is 0.857 bits per heavy atom. The van der Waals surface area contributed by atoms with Crippen molar-refractivity contribution < 1.29 is 14.7 Å². The Hall–Kier alpha value is -2.66. The molecule has 2 aromatic carbocycles. The van der Waals surface area contributed by atoms with Crippen LogP contribution in [0.15, 0.2) is 60.7 Å². The number of hydrogen-bond donors (Lipinski definition) is 3. The minimum absolute atomic E-state index is 0.131. The van der Waals surface area contributed by atoms with Crippen molar-refractivity contribution in [3.05, 3.63) is 71.8 Å². The number of carbonyl (C=O) groups excluding carboxylic acids is 2. The van der Waals surface area contributed by atoms with E-state index < -0.39 is 18.6 Å². The number of carbonyl (C=O) groups is 2. The number of aliphatic hydroxyl groups excluding tert-OH is 1. The molecule has 0 aliphatic heterocycles. The van der Waals surface area contributed by atoms with Gasteiger partial charge in [-0.2, -0.15) is 0 Å². The second-order valence-corrected chi connectivity index (χ2v) is 7.34. The maximum Gasteiger partial charge on any atom is 0.245 e. The van der Waals surface area contributed by atoms with E-state index in [1.54, 1.807) is 0 Å². The Morgan fingerprint density at radius 3 is 1.89 bits per heavy atom. The fourth-order valence-corrected chi connectivity index (χ4v) is 3.78. The van der Waals surface area contributed by atoms with Gasteiger partial charge in [-0.1, -0.05) is 79.9 Å². The third kappa shape index (κ3) is 5.20. The summed E-state index contributed by atoms with van der Waals surface area (Å²) >= 11 is 0. The van der Waals surface area contributed by atoms with Crippen LogP contribution in [-0.2, 0) is 9.59 Å². The lowest BCUT2D eigenvalue weighted by Crippen LogP contribution is -2.52. The molecule has 5 heteroatoms. The maximum atomic E-state index is 13.1. The van der Waals surface area contributed by atoms with Crippen molar-refractivity contribution in [3.8, 4) is 0 Å². The topological polar surface area (TPSA) is 78.4 Å². The Labute approximate surface area is 166 Å². The van der Waals surface area contributed by atoms with Gasteiger partial charge in [0, 0.05) is 6.04 Å². The molecule has 2 aromatic rings. The van der Waals surface area contributed by atoms with Crippen LogP contribution in [0.1, 0.15) is 49.1 Å². The molecule has 2 amide bonds. The van der Waals surface area contributed by atoms with Crippen molar-refractivity contribution in [1.82, 2.24) is 10.6 Å². The van der Waals surface area contributed by atoms with Gasteiger partial charge in [0.1, 0.15) is 6.04 Å². The lowest BCUT2D eigenvalue weighted by Gasteiger charge is -2.26. The van der Waals surface area contributed by atoms with Crippen molar-refractivity contribution in [3.63, 3.8) is 0 Å². The summed E-state index contributed by atoms with van der Waals surface area (Å²) in [7, 11) is 0. The second-order valence-electron chi connectivity index (χ2n) is 7.34. The quantitative estimate of drug-likeness (QED) is 0.691. The molecule has 3 N–H and O–H groups in total. The molecular weight excluding hydrogens is 352 g/mol. The van der Waals surface area contributed by atoms with E-state index in [4.69, 9.17) is 0 Å². The summed E-state index contributed by atoms with van der Waals surface area (Å²) < 4.78 is 0. The van der Waals surface area contributed by atoms with Crippen LogP contribution in [0.25, 0.3) is 0 Å². The molecule has 3 rings (SSSR count). The van der Waals surface area contributed by atoms with E-state index in [9.17, 15) is 14.7 Å². The Balaban J connectivity index is 1.73. The third-order valence-corrected chi connectivity index (χ3v) is 5.30. The summed E-state index contributed by atoms with van der Waals surface area (Å²) in [6.45, 7) is -0.430. The van der Waals surface area contributed by atoms with Crippen molar-refractivity contribution in [2.75, 3.05) is 6.61 Å². The number of benzene rings is 2. The first-order valence-electron chi connectivity index (χ1n) is 10.0. The van der Waals surface area contributed by atoms with Crippen LogP contribution in [0, 0.1) is 0 Å². The smallest absolute Gasteiger partial charge is 0.245 e. The van der Waals surface area contributed by atoms with Gasteiger partial charge >= 0.3 is 0 Å². The molecule has 1 fully saturated rings. The predicted molar refractivity (Wildman–Crippen MR) is 109 cm³/mol. The molecule has 0 spiro atoms. The Morgan fingerprint density at radius 2 is 1.39 bits per heavy atom. The molecule has 1 atom stereocenters. The van der Waals surface area contributed by atoms with E-state index in [1.807, 2.05) is 60.7 Å². The molecule has 0 bridgehead atoms. The van der Waals surface area contributed by atoms with Crippen LogP contribution >= 0.6 is 0 Å². The molecule has 1 aliphatic carbocycles. The highest BCUT2D eigenvalue weighted by molar-refractivity contribution is 5.92. The fourth-order valence-electron chi connectivity index (χ4n) is 3.78. The van der Waals surface area contributed by atoms with Gasteiger partial charge in [0.05, 0.1) is 12.5 Å². The van der Waals surface area contributed by atoms with Gasteiger partial charge in [0.2, 0.25) is 11.8 Å². The van der Waals surface area contributed by atoms with Crippen molar-refractivity contribution in [1.29, 1.82) is 0 Å². The fraction of sp³-hybridized carbons (Fsp3) is 0.391. The largest absolute Gasteiger partial charge is 0.394 e. The van der Waals surface area contributed by atoms with Crippen molar-refractivity contribution >= 4 is 11.8 Å². The zero-order valence-corrected chi connectivity index (χ0v) is 16.0. The van der Waals surface area contributed by atoms with E-state index in [1.165, 1.54) is 6.42 Å². The second kappa shape index (κ2) is 10.0. The number of hydrogen-bond acceptors (Lipinski definition) is 3. The van der Waals surface area contributed by atoms with Gasteiger partial charge in [0.25, 0.3) is 0 Å². The zero-order valence-electron chi connectivity index (χ0n) is 16.0. The molecule has 148 valence electrons. The first-order valence-corrected chi connectivity index (χ1v) is 10.0. The predicted octanol–water partition coefficient (Wildman–Crippen LogP) is 2.74. The van der Waals surface area contributed by atoms with Crippen LogP contribution < -0.4 is 10.6 Å². The summed E-state index contributed by atoms with van der Waals surface area (Å²) in [5.74, 6) is -1.16. The van der Waals surface area contributed by atoms with E-state index in [0.717, 1.165) is 36.8 Å². The average molecular weight is 380 g/mol. The lowest BCUT2D eigenvalue weighted by molar-refractivity contribution is -0.130. The minimum Gasteiger partial charge on any atom is -0.394 e. The average Bonchev–Trinajstić information content (AvgIpc) is 2.74. The van der Waals surface area contributed by atoms with Gasteiger partial charge in [-0.05, 0) is 24.0 Å². The molecule has 0 aromatic heterocycles. The molecule has 0 radical (unpaired) electrons. The Bertz CT molecular complexity index is 718. The van der Waals surface area contributed by atoms with Gasteiger partial charge in [0.15, 0.2) is 0 Å². The minimum atomic E-state index is -0.954. The molecule has 28 heavy (non-hydrogen) atoms. The summed E-state index contributed by atoms with van der Waals surface area (Å²) in [6, 6.07) is 18.1. The molecule has 1 aliphatic rings. The standard InChI is InChI=1S/C23H28N2O3/c26-16-20(22(27)24-19-14-8-3-9-15-19)25-23(28)21(17-10-4-1-5-11-17)18-12-6-2-7-13-18/h1-2,4-7,10-13,19-21,26H,3,8-9,14-16H2,(H,24,27)(H,25,28)/t20-/m0/s1. The summed E-state index contributed by atoms with van der Waals surface area (Å²) in [5, 5.41) is 15.5. The highest BCUT2D eigenvalue weighted by Crippen LogP contribution is 2.25. The zero-order chi connectivity index (χ0) is 19.8. The number of nitrogens with one attached hydrogen (secondary N) is 2. The number of amides is 2. The number of rotatable bonds is 7. The molecule has 5 nitrogen and oxygen atoms in total. The summed E-state index contributed by atoms with van der Waals surface area (Å²) in [4.78, 5) is 25.7. The lowest BCUT2D eigenvalue weighted by atomic mass is 9.90. The van der Waals surface area contributed by atoms with Gasteiger partial charge in [-0.25, -0.2) is 0 Å². The van der Waals surface area contributed by atoms with Crippen LogP contribution in [0.2, 0.25) is 0 Å². The molecule has 1 saturated carbocycles. The highest BCUT2D eigenvalue weighted by atomic mass is 16.3. The van der Waals surface area contributed by atoms with Crippen LogP contribution in [-0.4, -0.2) is 35.6 Å². The van der Waals surface area contributed by atoms with Gasteiger partial charge in [-0.15, -0.1) is 0 Å². The number of aliphatic hydroxyl groups is 1. The Kier molecular flexibility index (Phi) is 7.20. The molecular formula is C23H28N2O3. The first kappa shape index (κ1) is 20.1. The van der Waals surface area contributed by atoms with Crippen molar-refractivity contribution in [2.45, 2.75) is 50.1 Å². The monoisotopic (exact) mass is 380 g/mol. The van der Waals surface area contributed by atoms with Crippen LogP contribution in [0.5, 0.6) is 0 Å². The summed E-state index contributed by atoms with van der Waals surface area (Å²) in [6.07, 6.45) is 5.31. The highest BCUT2D eigenvalue weighted by Gasteiger charge is 2.28. The van der Waals surface area contributed by atoms with Crippen molar-refractivity contribution in [2.24, 2.45) is 0 Å². The van der Waals surface area contributed by atoms with E-state index in [-0.39, 0.29) is 17.9 Å². The molecule has 0 saturated heterocycles. The summed E-state index contributed by atoms with van der Waals surface area (Å²) in [5.41, 5.74) is 1.69. The van der Waals surface area contributed by atoms with E-state index in [0.29, 0.717) is 0 Å². The molecule has 0 heterocycles. The van der Waals surface area contributed by atoms with Gasteiger partial charge in [-0.3, -0.25) is 9.59 Å². The third-order valence-electron chi connectivity index (χ3n) is 5.30. The van der Waals surface area contributed by atoms with Crippen LogP contribution in [0.3, 0.4) is 0 Å². The normalized spacial score (nSPS) is 15.8. The van der Waals surface area contributed by atoms with Crippen LogP contribution in [0.4, 0.5) is 0 Å². The maximum absolute atomic E-state index is 13.1. The van der Waals surface area contributed by atoms with E-state index in [2.05, 4.69) is 10.6 Å². The van der Waals surface area contributed by atoms with E-state index >= 15 is 0 Å². The molecule has 0 unspecified atom stereocenters. The van der Waals surface area contributed by atoms with Gasteiger partial charge < -0.3 is 15.7 Å².